The van der Waals surface area contributed by atoms with Crippen molar-refractivity contribution in [2.24, 2.45) is 0 Å². The number of aryl methyl sites for hydroxylation is 2. The molecule has 0 saturated heterocycles. The first kappa shape index (κ1) is 21.4. The average molecular weight is 439 g/mol. The van der Waals surface area contributed by atoms with Gasteiger partial charge in [-0.15, -0.1) is 0 Å². The number of nitrogens with zero attached hydrogens (tertiary/aromatic N) is 2. The summed E-state index contributed by atoms with van der Waals surface area (Å²) in [6.07, 6.45) is 6.32. The van der Waals surface area contributed by atoms with Crippen LogP contribution in [0.1, 0.15) is 70.9 Å². The molecule has 4 heteroatoms. The van der Waals surface area contributed by atoms with Crippen molar-refractivity contribution in [2.75, 3.05) is 0 Å². The number of imidazole rings is 1. The molecule has 0 radical (unpaired) electrons. The minimum absolute atomic E-state index is 0.330. The summed E-state index contributed by atoms with van der Waals surface area (Å²) in [4.78, 5) is 16.8. The van der Waals surface area contributed by atoms with E-state index in [1.807, 2.05) is 24.3 Å². The number of carboxylic acid groups (broad SMARTS) is 1. The van der Waals surface area contributed by atoms with Gasteiger partial charge >= 0.3 is 5.97 Å². The van der Waals surface area contributed by atoms with E-state index < -0.39 is 5.97 Å². The molecule has 0 aliphatic heterocycles. The van der Waals surface area contributed by atoms with Gasteiger partial charge in [-0.1, -0.05) is 61.7 Å². The van der Waals surface area contributed by atoms with Crippen LogP contribution in [0.2, 0.25) is 0 Å². The molecule has 5 rings (SSSR count). The molecule has 33 heavy (non-hydrogen) atoms. The second-order valence-electron chi connectivity index (χ2n) is 9.36. The van der Waals surface area contributed by atoms with Crippen molar-refractivity contribution in [3.8, 4) is 11.1 Å². The lowest BCUT2D eigenvalue weighted by atomic mass is 9.88. The predicted octanol–water partition coefficient (Wildman–Crippen LogP) is 7.11. The van der Waals surface area contributed by atoms with Gasteiger partial charge in [0.15, 0.2) is 0 Å². The van der Waals surface area contributed by atoms with Gasteiger partial charge < -0.3 is 9.67 Å². The van der Waals surface area contributed by atoms with Crippen molar-refractivity contribution in [1.29, 1.82) is 0 Å². The average Bonchev–Trinajstić information content (AvgIpc) is 3.17. The molecule has 1 heterocycles. The summed E-state index contributed by atoms with van der Waals surface area (Å²) in [5, 5.41) is 9.54. The van der Waals surface area contributed by atoms with E-state index >= 15 is 0 Å². The highest BCUT2D eigenvalue weighted by Crippen LogP contribution is 2.35. The number of benzene rings is 3. The van der Waals surface area contributed by atoms with Crippen LogP contribution >= 0.6 is 0 Å². The van der Waals surface area contributed by atoms with E-state index in [1.54, 1.807) is 12.1 Å². The zero-order valence-corrected chi connectivity index (χ0v) is 19.3. The second kappa shape index (κ2) is 8.86. The number of hydrogen-bond acceptors (Lipinski definition) is 2. The maximum absolute atomic E-state index is 11.6. The lowest BCUT2D eigenvalue weighted by Gasteiger charge is -2.22. The third-order valence-electron chi connectivity index (χ3n) is 7.13. The number of hydrogen-bond donors (Lipinski definition) is 1. The molecule has 168 valence electrons. The number of fused-ring (bicyclic) bond motifs is 1. The molecule has 0 bridgehead atoms. The SMILES string of the molecule is Cc1cc2nc(C3CCCCC3)n(Cc3ccc(-c4ccccc4C(=O)O)cc3)c2cc1C. The third kappa shape index (κ3) is 4.18. The Hall–Kier alpha value is -3.40. The molecule has 4 aromatic rings. The molecular weight excluding hydrogens is 408 g/mol. The molecule has 1 aromatic heterocycles. The predicted molar refractivity (Wildman–Crippen MR) is 133 cm³/mol. The normalized spacial score (nSPS) is 14.6. The Morgan fingerprint density at radius 1 is 0.970 bits per heavy atom. The van der Waals surface area contributed by atoms with Crippen LogP contribution in [0.25, 0.3) is 22.2 Å². The fraction of sp³-hybridized carbons (Fsp3) is 0.310. The minimum Gasteiger partial charge on any atom is -0.478 e. The summed E-state index contributed by atoms with van der Waals surface area (Å²) in [6.45, 7) is 5.09. The fourth-order valence-corrected chi connectivity index (χ4v) is 5.13. The number of carboxylic acids is 1. The Labute approximate surface area is 194 Å². The van der Waals surface area contributed by atoms with Crippen LogP contribution in [0.15, 0.2) is 60.7 Å². The van der Waals surface area contributed by atoms with Gasteiger partial charge in [0.2, 0.25) is 0 Å². The molecule has 4 nitrogen and oxygen atoms in total. The van der Waals surface area contributed by atoms with Gasteiger partial charge in [-0.2, -0.15) is 0 Å². The standard InChI is InChI=1S/C29H30N2O2/c1-19-16-26-27(17-20(19)2)31(28(30-26)23-8-4-3-5-9-23)18-21-12-14-22(15-13-21)24-10-6-7-11-25(24)29(32)33/h6-7,10-17,23H,3-5,8-9,18H2,1-2H3,(H,32,33). The van der Waals surface area contributed by atoms with Crippen molar-refractivity contribution in [1.82, 2.24) is 9.55 Å². The third-order valence-corrected chi connectivity index (χ3v) is 7.13. The van der Waals surface area contributed by atoms with Gasteiger partial charge in [-0.3, -0.25) is 0 Å². The van der Waals surface area contributed by atoms with Crippen molar-refractivity contribution >= 4 is 17.0 Å². The van der Waals surface area contributed by atoms with Crippen LogP contribution in [0.3, 0.4) is 0 Å². The van der Waals surface area contributed by atoms with Crippen LogP contribution in [-0.4, -0.2) is 20.6 Å². The van der Waals surface area contributed by atoms with E-state index in [1.165, 1.54) is 60.1 Å². The topological polar surface area (TPSA) is 55.1 Å². The fourth-order valence-electron chi connectivity index (χ4n) is 5.13. The Morgan fingerprint density at radius 2 is 1.67 bits per heavy atom. The molecule has 1 aliphatic rings. The first-order valence-corrected chi connectivity index (χ1v) is 11.9. The van der Waals surface area contributed by atoms with E-state index in [9.17, 15) is 9.90 Å². The van der Waals surface area contributed by atoms with Crippen LogP contribution in [0.5, 0.6) is 0 Å². The number of aromatic nitrogens is 2. The zero-order chi connectivity index (χ0) is 22.9. The van der Waals surface area contributed by atoms with Crippen molar-refractivity contribution in [2.45, 2.75) is 58.4 Å². The molecule has 3 aromatic carbocycles. The van der Waals surface area contributed by atoms with Gasteiger partial charge in [0.05, 0.1) is 16.6 Å². The molecule has 0 unspecified atom stereocenters. The first-order chi connectivity index (χ1) is 16.0. The minimum atomic E-state index is -0.901. The van der Waals surface area contributed by atoms with Crippen LogP contribution in [0, 0.1) is 13.8 Å². The van der Waals surface area contributed by atoms with E-state index in [0.717, 1.165) is 23.2 Å². The maximum atomic E-state index is 11.6. The molecule has 0 atom stereocenters. The van der Waals surface area contributed by atoms with E-state index in [-0.39, 0.29) is 0 Å². The van der Waals surface area contributed by atoms with Gasteiger partial charge in [-0.25, -0.2) is 9.78 Å². The Bertz CT molecular complexity index is 1310. The van der Waals surface area contributed by atoms with E-state index in [0.29, 0.717) is 11.5 Å². The number of carbonyl (C=O) groups is 1. The summed E-state index contributed by atoms with van der Waals surface area (Å²) in [5.74, 6) is 0.839. The van der Waals surface area contributed by atoms with Gasteiger partial charge in [-0.05, 0) is 72.7 Å². The molecule has 1 aliphatic carbocycles. The molecular formula is C29H30N2O2. The first-order valence-electron chi connectivity index (χ1n) is 11.9. The van der Waals surface area contributed by atoms with Crippen molar-refractivity contribution in [3.63, 3.8) is 0 Å². The summed E-state index contributed by atoms with van der Waals surface area (Å²) >= 11 is 0. The number of rotatable bonds is 5. The molecule has 1 N–H and O–H groups in total. The number of aromatic carboxylic acids is 1. The van der Waals surface area contributed by atoms with Gasteiger partial charge in [0.1, 0.15) is 5.82 Å². The quantitative estimate of drug-likeness (QED) is 0.361. The molecule has 1 fully saturated rings. The maximum Gasteiger partial charge on any atom is 0.336 e. The monoisotopic (exact) mass is 438 g/mol. The van der Waals surface area contributed by atoms with E-state index in [4.69, 9.17) is 4.98 Å². The Morgan fingerprint density at radius 3 is 2.39 bits per heavy atom. The molecule has 0 spiro atoms. The van der Waals surface area contributed by atoms with Crippen LogP contribution in [0.4, 0.5) is 0 Å². The highest BCUT2D eigenvalue weighted by atomic mass is 16.4. The van der Waals surface area contributed by atoms with Crippen LogP contribution in [-0.2, 0) is 6.54 Å². The summed E-state index contributed by atoms with van der Waals surface area (Å²) in [5.41, 5.74) is 8.06. The Balaban J connectivity index is 1.52. The lowest BCUT2D eigenvalue weighted by molar-refractivity contribution is 0.0697. The summed E-state index contributed by atoms with van der Waals surface area (Å²) in [7, 11) is 0. The van der Waals surface area contributed by atoms with Gasteiger partial charge in [0.25, 0.3) is 0 Å². The molecule has 0 amide bonds. The summed E-state index contributed by atoms with van der Waals surface area (Å²) < 4.78 is 2.41. The Kier molecular flexibility index (Phi) is 5.76. The second-order valence-corrected chi connectivity index (χ2v) is 9.36. The van der Waals surface area contributed by atoms with Crippen LogP contribution < -0.4 is 0 Å². The van der Waals surface area contributed by atoms with E-state index in [2.05, 4.69) is 42.7 Å². The van der Waals surface area contributed by atoms with Gasteiger partial charge in [0, 0.05) is 12.5 Å². The highest BCUT2D eigenvalue weighted by molar-refractivity contribution is 5.96. The zero-order valence-electron chi connectivity index (χ0n) is 19.3. The van der Waals surface area contributed by atoms with Crippen molar-refractivity contribution in [3.05, 3.63) is 88.7 Å². The molecule has 1 saturated carbocycles. The lowest BCUT2D eigenvalue weighted by Crippen LogP contribution is -2.13. The summed E-state index contributed by atoms with van der Waals surface area (Å²) in [6, 6.07) is 20.0. The largest absolute Gasteiger partial charge is 0.478 e. The highest BCUT2D eigenvalue weighted by Gasteiger charge is 2.23. The van der Waals surface area contributed by atoms with Crippen molar-refractivity contribution < 1.29 is 9.90 Å². The smallest absolute Gasteiger partial charge is 0.336 e.